The Morgan fingerprint density at radius 3 is 2.74 bits per heavy atom. The third-order valence-corrected chi connectivity index (χ3v) is 3.47. The topological polar surface area (TPSA) is 25.4 Å². The maximum absolute atomic E-state index is 5.43. The standard InChI is InChI=1S/C15H19BrN2O/c1-3-10-18(11-8-16)15-13-5-4-6-14(19-2)12(13)7-9-17-15/h4-7,9H,3,8,10-11H2,1-2H3. The number of pyridine rings is 1. The molecule has 0 aliphatic rings. The lowest BCUT2D eigenvalue weighted by Crippen LogP contribution is -2.27. The molecule has 0 bridgehead atoms. The monoisotopic (exact) mass is 322 g/mol. The molecule has 2 rings (SSSR count). The van der Waals surface area contributed by atoms with Gasteiger partial charge in [0.2, 0.25) is 0 Å². The van der Waals surface area contributed by atoms with Crippen molar-refractivity contribution in [2.75, 3.05) is 30.4 Å². The number of rotatable bonds is 6. The molecule has 1 aromatic carbocycles. The Morgan fingerprint density at radius 2 is 2.05 bits per heavy atom. The Balaban J connectivity index is 2.53. The minimum absolute atomic E-state index is 0.899. The second kappa shape index (κ2) is 6.75. The first-order valence-electron chi connectivity index (χ1n) is 6.54. The van der Waals surface area contributed by atoms with Gasteiger partial charge in [-0.1, -0.05) is 35.0 Å². The molecule has 0 spiro atoms. The normalized spacial score (nSPS) is 10.7. The predicted octanol–water partition coefficient (Wildman–Crippen LogP) is 3.85. The summed E-state index contributed by atoms with van der Waals surface area (Å²) >= 11 is 3.52. The minimum atomic E-state index is 0.899. The summed E-state index contributed by atoms with van der Waals surface area (Å²) in [6.45, 7) is 4.15. The van der Waals surface area contributed by atoms with Gasteiger partial charge in [-0.05, 0) is 18.6 Å². The highest BCUT2D eigenvalue weighted by Crippen LogP contribution is 2.30. The number of aromatic nitrogens is 1. The zero-order chi connectivity index (χ0) is 13.7. The number of anilines is 1. The lowest BCUT2D eigenvalue weighted by molar-refractivity contribution is 0.420. The summed E-state index contributed by atoms with van der Waals surface area (Å²) in [6.07, 6.45) is 2.96. The van der Waals surface area contributed by atoms with Crippen LogP contribution >= 0.6 is 15.9 Å². The Kier molecular flexibility index (Phi) is 5.02. The van der Waals surface area contributed by atoms with Gasteiger partial charge in [0.05, 0.1) is 7.11 Å². The van der Waals surface area contributed by atoms with Crippen LogP contribution < -0.4 is 9.64 Å². The molecule has 2 aromatic rings. The Morgan fingerprint density at radius 1 is 1.21 bits per heavy atom. The highest BCUT2D eigenvalue weighted by molar-refractivity contribution is 9.09. The van der Waals surface area contributed by atoms with Crippen LogP contribution in [0.3, 0.4) is 0 Å². The summed E-state index contributed by atoms with van der Waals surface area (Å²) in [6, 6.07) is 8.12. The van der Waals surface area contributed by atoms with Gasteiger partial charge in [-0.2, -0.15) is 0 Å². The highest BCUT2D eigenvalue weighted by Gasteiger charge is 2.12. The second-order valence-electron chi connectivity index (χ2n) is 4.37. The minimum Gasteiger partial charge on any atom is -0.496 e. The molecule has 4 heteroatoms. The van der Waals surface area contributed by atoms with E-state index in [0.29, 0.717) is 0 Å². The SMILES string of the molecule is CCCN(CCBr)c1nccc2c(OC)cccc12. The molecule has 1 aromatic heterocycles. The average Bonchev–Trinajstić information content (AvgIpc) is 2.46. The molecule has 0 radical (unpaired) electrons. The van der Waals surface area contributed by atoms with E-state index in [4.69, 9.17) is 4.74 Å². The molecule has 3 nitrogen and oxygen atoms in total. The Labute approximate surface area is 122 Å². The van der Waals surface area contributed by atoms with Crippen molar-refractivity contribution in [1.29, 1.82) is 0 Å². The molecule has 0 N–H and O–H groups in total. The quantitative estimate of drug-likeness (QED) is 0.755. The predicted molar refractivity (Wildman–Crippen MR) is 84.6 cm³/mol. The molecule has 0 amide bonds. The molecular weight excluding hydrogens is 304 g/mol. The van der Waals surface area contributed by atoms with Gasteiger partial charge in [0.1, 0.15) is 11.6 Å². The summed E-state index contributed by atoms with van der Waals surface area (Å²) in [5.74, 6) is 1.94. The average molecular weight is 323 g/mol. The number of alkyl halides is 1. The number of hydrogen-bond donors (Lipinski definition) is 0. The molecule has 0 fully saturated rings. The summed E-state index contributed by atoms with van der Waals surface area (Å²) in [5, 5.41) is 3.21. The first-order valence-corrected chi connectivity index (χ1v) is 7.66. The van der Waals surface area contributed by atoms with E-state index < -0.39 is 0 Å². The first kappa shape index (κ1) is 14.1. The molecule has 0 saturated heterocycles. The molecule has 102 valence electrons. The van der Waals surface area contributed by atoms with Gasteiger partial charge in [-0.15, -0.1) is 0 Å². The lowest BCUT2D eigenvalue weighted by atomic mass is 10.1. The second-order valence-corrected chi connectivity index (χ2v) is 5.16. The van der Waals surface area contributed by atoms with Gasteiger partial charge in [0, 0.05) is 35.4 Å². The van der Waals surface area contributed by atoms with E-state index in [1.165, 1.54) is 0 Å². The molecule has 0 unspecified atom stereocenters. The molecular formula is C15H19BrN2O. The van der Waals surface area contributed by atoms with Gasteiger partial charge >= 0.3 is 0 Å². The van der Waals surface area contributed by atoms with Gasteiger partial charge in [-0.25, -0.2) is 4.98 Å². The van der Waals surface area contributed by atoms with Crippen LogP contribution in [0.4, 0.5) is 5.82 Å². The zero-order valence-electron chi connectivity index (χ0n) is 11.4. The molecule has 0 atom stereocenters. The maximum Gasteiger partial charge on any atom is 0.136 e. The molecule has 0 saturated carbocycles. The summed E-state index contributed by atoms with van der Waals surface area (Å²) < 4.78 is 5.43. The van der Waals surface area contributed by atoms with Gasteiger partial charge < -0.3 is 9.64 Å². The van der Waals surface area contributed by atoms with Crippen LogP contribution in [0.15, 0.2) is 30.5 Å². The fraction of sp³-hybridized carbons (Fsp3) is 0.400. The van der Waals surface area contributed by atoms with Crippen molar-refractivity contribution in [1.82, 2.24) is 4.98 Å². The van der Waals surface area contributed by atoms with Gasteiger partial charge in [-0.3, -0.25) is 0 Å². The van der Waals surface area contributed by atoms with Crippen molar-refractivity contribution < 1.29 is 4.74 Å². The van der Waals surface area contributed by atoms with E-state index in [0.717, 1.165) is 47.2 Å². The van der Waals surface area contributed by atoms with Crippen molar-refractivity contribution >= 4 is 32.5 Å². The van der Waals surface area contributed by atoms with Crippen molar-refractivity contribution in [3.8, 4) is 5.75 Å². The molecule has 0 aliphatic carbocycles. The number of halogens is 1. The zero-order valence-corrected chi connectivity index (χ0v) is 13.0. The number of ether oxygens (including phenoxy) is 1. The Hall–Kier alpha value is -1.29. The number of hydrogen-bond acceptors (Lipinski definition) is 3. The number of nitrogens with zero attached hydrogens (tertiary/aromatic N) is 2. The maximum atomic E-state index is 5.43. The third kappa shape index (κ3) is 3.00. The van der Waals surface area contributed by atoms with Crippen LogP contribution in [0.25, 0.3) is 10.8 Å². The number of methoxy groups -OCH3 is 1. The first-order chi connectivity index (χ1) is 9.31. The third-order valence-electron chi connectivity index (χ3n) is 3.11. The number of benzene rings is 1. The van der Waals surface area contributed by atoms with Crippen molar-refractivity contribution in [3.05, 3.63) is 30.5 Å². The van der Waals surface area contributed by atoms with E-state index in [1.807, 2.05) is 24.4 Å². The van der Waals surface area contributed by atoms with E-state index in [2.05, 4.69) is 38.8 Å². The molecule has 19 heavy (non-hydrogen) atoms. The summed E-state index contributed by atoms with van der Waals surface area (Å²) in [7, 11) is 1.71. The fourth-order valence-corrected chi connectivity index (χ4v) is 2.72. The van der Waals surface area contributed by atoms with Crippen LogP contribution in [-0.4, -0.2) is 30.5 Å². The lowest BCUT2D eigenvalue weighted by Gasteiger charge is -2.23. The van der Waals surface area contributed by atoms with E-state index in [9.17, 15) is 0 Å². The largest absolute Gasteiger partial charge is 0.496 e. The molecule has 1 heterocycles. The van der Waals surface area contributed by atoms with Crippen molar-refractivity contribution in [2.24, 2.45) is 0 Å². The van der Waals surface area contributed by atoms with Crippen LogP contribution in [0.2, 0.25) is 0 Å². The van der Waals surface area contributed by atoms with Crippen LogP contribution in [-0.2, 0) is 0 Å². The summed E-state index contributed by atoms with van der Waals surface area (Å²) in [4.78, 5) is 6.89. The van der Waals surface area contributed by atoms with E-state index in [-0.39, 0.29) is 0 Å². The van der Waals surface area contributed by atoms with Gasteiger partial charge in [0.25, 0.3) is 0 Å². The van der Waals surface area contributed by atoms with Crippen LogP contribution in [0.1, 0.15) is 13.3 Å². The van der Waals surface area contributed by atoms with E-state index >= 15 is 0 Å². The van der Waals surface area contributed by atoms with E-state index in [1.54, 1.807) is 7.11 Å². The smallest absolute Gasteiger partial charge is 0.136 e. The molecule has 0 aliphatic heterocycles. The Bertz CT molecular complexity index is 539. The fourth-order valence-electron chi connectivity index (χ4n) is 2.29. The van der Waals surface area contributed by atoms with Gasteiger partial charge in [0.15, 0.2) is 0 Å². The van der Waals surface area contributed by atoms with Crippen LogP contribution in [0.5, 0.6) is 5.75 Å². The summed E-state index contributed by atoms with van der Waals surface area (Å²) in [5.41, 5.74) is 0. The van der Waals surface area contributed by atoms with Crippen LogP contribution in [0, 0.1) is 0 Å². The van der Waals surface area contributed by atoms with Crippen molar-refractivity contribution in [3.63, 3.8) is 0 Å². The number of fused-ring (bicyclic) bond motifs is 1. The highest BCUT2D eigenvalue weighted by atomic mass is 79.9. The van der Waals surface area contributed by atoms with Crippen molar-refractivity contribution in [2.45, 2.75) is 13.3 Å².